The van der Waals surface area contributed by atoms with Gasteiger partial charge < -0.3 is 5.32 Å². The van der Waals surface area contributed by atoms with Crippen LogP contribution in [0, 0.1) is 3.57 Å². The third kappa shape index (κ3) is 3.52. The van der Waals surface area contributed by atoms with Gasteiger partial charge in [-0.1, -0.05) is 13.3 Å². The van der Waals surface area contributed by atoms with E-state index in [0.717, 1.165) is 40.4 Å². The SMILES string of the molecule is CCCc1nc(C2CSCCN2C)nc(NC)c1I. The summed E-state index contributed by atoms with van der Waals surface area (Å²) in [5, 5.41) is 3.20. The first-order valence-electron chi connectivity index (χ1n) is 6.69. The third-order valence-electron chi connectivity index (χ3n) is 3.35. The van der Waals surface area contributed by atoms with Gasteiger partial charge in [0.25, 0.3) is 0 Å². The summed E-state index contributed by atoms with van der Waals surface area (Å²) in [7, 11) is 4.10. The minimum absolute atomic E-state index is 0.346. The van der Waals surface area contributed by atoms with Crippen molar-refractivity contribution in [2.45, 2.75) is 25.8 Å². The molecule has 2 rings (SSSR count). The topological polar surface area (TPSA) is 41.1 Å². The fraction of sp³-hybridized carbons (Fsp3) is 0.692. The molecule has 1 aliphatic rings. The van der Waals surface area contributed by atoms with Gasteiger partial charge in [0, 0.05) is 25.1 Å². The molecule has 1 fully saturated rings. The monoisotopic (exact) mass is 392 g/mol. The molecule has 1 aliphatic heterocycles. The van der Waals surface area contributed by atoms with Gasteiger partial charge >= 0.3 is 0 Å². The second-order valence-electron chi connectivity index (χ2n) is 4.76. The Morgan fingerprint density at radius 1 is 1.47 bits per heavy atom. The molecular formula is C13H21IN4S. The van der Waals surface area contributed by atoms with E-state index in [-0.39, 0.29) is 0 Å². The Morgan fingerprint density at radius 3 is 2.89 bits per heavy atom. The molecule has 19 heavy (non-hydrogen) atoms. The molecule has 1 saturated heterocycles. The van der Waals surface area contributed by atoms with Crippen LogP contribution in [-0.2, 0) is 6.42 Å². The molecule has 0 amide bonds. The van der Waals surface area contributed by atoms with Crippen molar-refractivity contribution < 1.29 is 0 Å². The zero-order valence-electron chi connectivity index (χ0n) is 11.7. The van der Waals surface area contributed by atoms with E-state index in [1.54, 1.807) is 0 Å². The third-order valence-corrected chi connectivity index (χ3v) is 5.51. The molecular weight excluding hydrogens is 371 g/mol. The number of hydrogen-bond acceptors (Lipinski definition) is 5. The van der Waals surface area contributed by atoms with E-state index in [1.165, 1.54) is 11.4 Å². The molecule has 0 saturated carbocycles. The molecule has 106 valence electrons. The normalized spacial score (nSPS) is 20.5. The Bertz CT molecular complexity index is 441. The summed E-state index contributed by atoms with van der Waals surface area (Å²) < 4.78 is 1.16. The zero-order chi connectivity index (χ0) is 13.8. The molecule has 1 atom stereocenters. The fourth-order valence-electron chi connectivity index (χ4n) is 2.19. The van der Waals surface area contributed by atoms with Crippen LogP contribution in [0.1, 0.15) is 30.9 Å². The highest BCUT2D eigenvalue weighted by atomic mass is 127. The molecule has 0 bridgehead atoms. The van der Waals surface area contributed by atoms with E-state index in [0.29, 0.717) is 6.04 Å². The molecule has 1 aromatic heterocycles. The number of nitrogens with one attached hydrogen (secondary N) is 1. The maximum atomic E-state index is 4.83. The fourth-order valence-corrected chi connectivity index (χ4v) is 4.18. The average Bonchev–Trinajstić information content (AvgIpc) is 2.42. The van der Waals surface area contributed by atoms with E-state index in [4.69, 9.17) is 9.97 Å². The van der Waals surface area contributed by atoms with Crippen LogP contribution in [0.2, 0.25) is 0 Å². The van der Waals surface area contributed by atoms with Gasteiger partial charge in [-0.05, 0) is 36.1 Å². The van der Waals surface area contributed by atoms with Crippen LogP contribution < -0.4 is 5.32 Å². The number of nitrogens with zero attached hydrogens (tertiary/aromatic N) is 3. The molecule has 4 nitrogen and oxygen atoms in total. The molecule has 2 heterocycles. The van der Waals surface area contributed by atoms with Crippen molar-refractivity contribution in [1.82, 2.24) is 14.9 Å². The summed E-state index contributed by atoms with van der Waals surface area (Å²) in [6.07, 6.45) is 2.14. The van der Waals surface area contributed by atoms with Gasteiger partial charge in [-0.3, -0.25) is 4.90 Å². The van der Waals surface area contributed by atoms with Crippen LogP contribution in [0.4, 0.5) is 5.82 Å². The number of hydrogen-bond donors (Lipinski definition) is 1. The van der Waals surface area contributed by atoms with Crippen molar-refractivity contribution in [2.24, 2.45) is 0 Å². The predicted molar refractivity (Wildman–Crippen MR) is 91.0 cm³/mol. The molecule has 6 heteroatoms. The summed E-state index contributed by atoms with van der Waals surface area (Å²) in [4.78, 5) is 11.9. The van der Waals surface area contributed by atoms with Crippen molar-refractivity contribution in [1.29, 1.82) is 0 Å². The zero-order valence-corrected chi connectivity index (χ0v) is 14.7. The van der Waals surface area contributed by atoms with E-state index in [9.17, 15) is 0 Å². The number of anilines is 1. The summed E-state index contributed by atoms with van der Waals surface area (Å²) >= 11 is 4.35. The molecule has 1 unspecified atom stereocenters. The highest BCUT2D eigenvalue weighted by molar-refractivity contribution is 14.1. The summed E-state index contributed by atoms with van der Waals surface area (Å²) in [5.41, 5.74) is 1.18. The quantitative estimate of drug-likeness (QED) is 0.799. The molecule has 1 N–H and O–H groups in total. The maximum Gasteiger partial charge on any atom is 0.149 e. The highest BCUT2D eigenvalue weighted by Gasteiger charge is 2.25. The summed E-state index contributed by atoms with van der Waals surface area (Å²) in [5.74, 6) is 4.24. The number of rotatable bonds is 4. The van der Waals surface area contributed by atoms with Gasteiger partial charge in [0.05, 0.1) is 15.3 Å². The lowest BCUT2D eigenvalue weighted by Crippen LogP contribution is -2.34. The van der Waals surface area contributed by atoms with Crippen LogP contribution in [0.3, 0.4) is 0 Å². The van der Waals surface area contributed by atoms with Crippen molar-refractivity contribution in [2.75, 3.05) is 37.5 Å². The van der Waals surface area contributed by atoms with Crippen molar-refractivity contribution >= 4 is 40.2 Å². The number of aryl methyl sites for hydroxylation is 1. The van der Waals surface area contributed by atoms with Gasteiger partial charge in [0.1, 0.15) is 11.6 Å². The molecule has 0 aliphatic carbocycles. The average molecular weight is 392 g/mol. The lowest BCUT2D eigenvalue weighted by atomic mass is 10.2. The van der Waals surface area contributed by atoms with Gasteiger partial charge in [-0.25, -0.2) is 9.97 Å². The van der Waals surface area contributed by atoms with Gasteiger partial charge in [0.15, 0.2) is 0 Å². The minimum Gasteiger partial charge on any atom is -0.372 e. The molecule has 0 spiro atoms. The Hall–Kier alpha value is -0.0800. The first-order chi connectivity index (χ1) is 9.17. The van der Waals surface area contributed by atoms with E-state index >= 15 is 0 Å². The van der Waals surface area contributed by atoms with E-state index in [2.05, 4.69) is 46.8 Å². The Labute approximate surface area is 133 Å². The van der Waals surface area contributed by atoms with Crippen LogP contribution in [-0.4, -0.2) is 47.0 Å². The Morgan fingerprint density at radius 2 is 2.26 bits per heavy atom. The number of aromatic nitrogens is 2. The second-order valence-corrected chi connectivity index (χ2v) is 6.99. The summed E-state index contributed by atoms with van der Waals surface area (Å²) in [6, 6.07) is 0.346. The Kier molecular flexibility index (Phi) is 5.70. The predicted octanol–water partition coefficient (Wildman–Crippen LogP) is 2.80. The molecule has 0 aromatic carbocycles. The lowest BCUT2D eigenvalue weighted by Gasteiger charge is -2.31. The van der Waals surface area contributed by atoms with Crippen molar-refractivity contribution in [3.63, 3.8) is 0 Å². The smallest absolute Gasteiger partial charge is 0.149 e. The number of thioether (sulfide) groups is 1. The largest absolute Gasteiger partial charge is 0.372 e. The van der Waals surface area contributed by atoms with Gasteiger partial charge in [-0.15, -0.1) is 0 Å². The van der Waals surface area contributed by atoms with Crippen LogP contribution in [0.5, 0.6) is 0 Å². The van der Waals surface area contributed by atoms with Crippen LogP contribution in [0.25, 0.3) is 0 Å². The maximum absolute atomic E-state index is 4.83. The minimum atomic E-state index is 0.346. The summed E-state index contributed by atoms with van der Waals surface area (Å²) in [6.45, 7) is 3.31. The number of halogens is 1. The van der Waals surface area contributed by atoms with E-state index < -0.39 is 0 Å². The lowest BCUT2D eigenvalue weighted by molar-refractivity contribution is 0.264. The molecule has 0 radical (unpaired) electrons. The molecule has 1 aromatic rings. The standard InChI is InChI=1S/C13H21IN4S/c1-4-5-9-11(14)13(15-2)17-12(16-9)10-8-19-7-6-18(10)3/h10H,4-8H2,1-3H3,(H,15,16,17). The van der Waals surface area contributed by atoms with Crippen molar-refractivity contribution in [3.8, 4) is 0 Å². The Balaban J connectivity index is 2.36. The van der Waals surface area contributed by atoms with E-state index in [1.807, 2.05) is 18.8 Å². The van der Waals surface area contributed by atoms with Crippen LogP contribution >= 0.6 is 34.4 Å². The van der Waals surface area contributed by atoms with Gasteiger partial charge in [0.2, 0.25) is 0 Å². The van der Waals surface area contributed by atoms with Crippen LogP contribution in [0.15, 0.2) is 0 Å². The second kappa shape index (κ2) is 7.08. The first-order valence-corrected chi connectivity index (χ1v) is 8.92. The van der Waals surface area contributed by atoms with Gasteiger partial charge in [-0.2, -0.15) is 11.8 Å². The van der Waals surface area contributed by atoms with Crippen molar-refractivity contribution in [3.05, 3.63) is 15.1 Å². The highest BCUT2D eigenvalue weighted by Crippen LogP contribution is 2.29. The first kappa shape index (κ1) is 15.3.